The van der Waals surface area contributed by atoms with Crippen molar-refractivity contribution in [3.05, 3.63) is 59.1 Å². The molecule has 0 aliphatic heterocycles. The van der Waals surface area contributed by atoms with Crippen molar-refractivity contribution in [2.24, 2.45) is 0 Å². The summed E-state index contributed by atoms with van der Waals surface area (Å²) in [6.07, 6.45) is 1.89. The van der Waals surface area contributed by atoms with Gasteiger partial charge in [0.2, 0.25) is 0 Å². The Balaban J connectivity index is 2.09. The number of rotatable bonds is 5. The third kappa shape index (κ3) is 3.74. The molecule has 1 aromatic heterocycles. The van der Waals surface area contributed by atoms with Gasteiger partial charge in [-0.25, -0.2) is 9.97 Å². The summed E-state index contributed by atoms with van der Waals surface area (Å²) in [6.45, 7) is 0. The Morgan fingerprint density at radius 2 is 1.92 bits per heavy atom. The summed E-state index contributed by atoms with van der Waals surface area (Å²) in [7, 11) is 1.56. The molecule has 0 spiro atoms. The van der Waals surface area contributed by atoms with Crippen LogP contribution in [0, 0.1) is 11.3 Å². The molecule has 0 fully saturated rings. The summed E-state index contributed by atoms with van der Waals surface area (Å²) in [4.78, 5) is 8.98. The molecule has 26 heavy (non-hydrogen) atoms. The molecule has 0 atom stereocenters. The van der Waals surface area contributed by atoms with Crippen molar-refractivity contribution < 1.29 is 4.74 Å². The maximum Gasteiger partial charge on any atom is 0.189 e. The molecular formula is C19H15ClN4OS. The minimum Gasteiger partial charge on any atom is -0.495 e. The monoisotopic (exact) mass is 382 g/mol. The van der Waals surface area contributed by atoms with Crippen LogP contribution in [0.4, 0.5) is 11.5 Å². The first-order valence-electron chi connectivity index (χ1n) is 7.68. The van der Waals surface area contributed by atoms with E-state index >= 15 is 0 Å². The Bertz CT molecular complexity index is 973. The summed E-state index contributed by atoms with van der Waals surface area (Å²) in [6, 6.07) is 17.1. The zero-order valence-corrected chi connectivity index (χ0v) is 15.7. The highest BCUT2D eigenvalue weighted by Gasteiger charge is 2.16. The number of hydrogen-bond donors (Lipinski definition) is 1. The van der Waals surface area contributed by atoms with Gasteiger partial charge in [-0.2, -0.15) is 5.26 Å². The van der Waals surface area contributed by atoms with E-state index in [-0.39, 0.29) is 0 Å². The van der Waals surface area contributed by atoms with Crippen molar-refractivity contribution in [2.45, 2.75) is 5.16 Å². The highest BCUT2D eigenvalue weighted by Crippen LogP contribution is 2.32. The first kappa shape index (κ1) is 18.1. The number of methoxy groups -OCH3 is 1. The van der Waals surface area contributed by atoms with Gasteiger partial charge in [-0.1, -0.05) is 53.7 Å². The van der Waals surface area contributed by atoms with Crippen molar-refractivity contribution in [1.82, 2.24) is 9.97 Å². The van der Waals surface area contributed by atoms with Gasteiger partial charge >= 0.3 is 0 Å². The highest BCUT2D eigenvalue weighted by molar-refractivity contribution is 7.98. The van der Waals surface area contributed by atoms with Gasteiger partial charge < -0.3 is 10.1 Å². The smallest absolute Gasteiger partial charge is 0.189 e. The molecule has 3 rings (SSSR count). The SMILES string of the molecule is COc1ccc(Nc2nc(SC)nc(-c3ccccc3)c2C#N)cc1Cl. The summed E-state index contributed by atoms with van der Waals surface area (Å²) in [5.41, 5.74) is 2.53. The molecule has 0 aliphatic carbocycles. The lowest BCUT2D eigenvalue weighted by Crippen LogP contribution is -2.03. The molecule has 1 N–H and O–H groups in total. The molecule has 5 nitrogen and oxygen atoms in total. The fraction of sp³-hybridized carbons (Fsp3) is 0.105. The van der Waals surface area contributed by atoms with Crippen LogP contribution in [-0.4, -0.2) is 23.3 Å². The maximum atomic E-state index is 9.72. The largest absolute Gasteiger partial charge is 0.495 e. The lowest BCUT2D eigenvalue weighted by atomic mass is 10.1. The highest BCUT2D eigenvalue weighted by atomic mass is 35.5. The quantitative estimate of drug-likeness (QED) is 0.486. The lowest BCUT2D eigenvalue weighted by Gasteiger charge is -2.13. The van der Waals surface area contributed by atoms with E-state index in [1.54, 1.807) is 19.2 Å². The Morgan fingerprint density at radius 3 is 2.54 bits per heavy atom. The van der Waals surface area contributed by atoms with Crippen molar-refractivity contribution in [3.63, 3.8) is 0 Å². The van der Waals surface area contributed by atoms with Crippen molar-refractivity contribution >= 4 is 34.9 Å². The predicted molar refractivity (Wildman–Crippen MR) is 105 cm³/mol. The Labute approximate surface area is 161 Å². The average molecular weight is 383 g/mol. The second-order valence-electron chi connectivity index (χ2n) is 5.23. The third-order valence-electron chi connectivity index (χ3n) is 3.64. The maximum absolute atomic E-state index is 9.72. The topological polar surface area (TPSA) is 70.8 Å². The van der Waals surface area contributed by atoms with Crippen molar-refractivity contribution in [1.29, 1.82) is 5.26 Å². The van der Waals surface area contributed by atoms with Gasteiger partial charge in [0.15, 0.2) is 11.0 Å². The Morgan fingerprint density at radius 1 is 1.15 bits per heavy atom. The van der Waals surface area contributed by atoms with Gasteiger partial charge in [-0.15, -0.1) is 0 Å². The van der Waals surface area contributed by atoms with Crippen LogP contribution >= 0.6 is 23.4 Å². The third-order valence-corrected chi connectivity index (χ3v) is 4.49. The van der Waals surface area contributed by atoms with Crippen LogP contribution in [0.1, 0.15) is 5.56 Å². The van der Waals surface area contributed by atoms with Gasteiger partial charge in [-0.3, -0.25) is 0 Å². The molecule has 0 amide bonds. The van der Waals surface area contributed by atoms with E-state index in [2.05, 4.69) is 21.4 Å². The number of nitrogens with one attached hydrogen (secondary N) is 1. The van der Waals surface area contributed by atoms with E-state index in [0.717, 1.165) is 5.56 Å². The number of aromatic nitrogens is 2. The fourth-order valence-electron chi connectivity index (χ4n) is 2.41. The molecule has 2 aromatic carbocycles. The number of halogens is 1. The van der Waals surface area contributed by atoms with Gasteiger partial charge in [-0.05, 0) is 24.5 Å². The number of nitriles is 1. The molecule has 0 saturated carbocycles. The Hall–Kier alpha value is -2.75. The molecule has 130 valence electrons. The fourth-order valence-corrected chi connectivity index (χ4v) is 3.04. The molecule has 3 aromatic rings. The van der Waals surface area contributed by atoms with E-state index in [1.165, 1.54) is 11.8 Å². The number of benzene rings is 2. The summed E-state index contributed by atoms with van der Waals surface area (Å²) in [5.74, 6) is 1.02. The van der Waals surface area contributed by atoms with Crippen LogP contribution in [0.5, 0.6) is 5.75 Å². The number of nitrogens with zero attached hydrogens (tertiary/aromatic N) is 3. The molecular weight excluding hydrogens is 368 g/mol. The second kappa shape index (κ2) is 8.09. The lowest BCUT2D eigenvalue weighted by molar-refractivity contribution is 0.415. The van der Waals surface area contributed by atoms with Crippen LogP contribution in [0.2, 0.25) is 5.02 Å². The molecule has 7 heteroatoms. The van der Waals surface area contributed by atoms with E-state index in [4.69, 9.17) is 16.3 Å². The first-order chi connectivity index (χ1) is 12.7. The van der Waals surface area contributed by atoms with Crippen LogP contribution in [0.15, 0.2) is 53.7 Å². The first-order valence-corrected chi connectivity index (χ1v) is 9.28. The van der Waals surface area contributed by atoms with Gasteiger partial charge in [0.05, 0.1) is 17.8 Å². The molecule has 0 radical (unpaired) electrons. The van der Waals surface area contributed by atoms with Crippen molar-refractivity contribution in [3.8, 4) is 23.1 Å². The molecule has 0 aliphatic rings. The number of ether oxygens (including phenoxy) is 1. The second-order valence-corrected chi connectivity index (χ2v) is 6.42. The normalized spacial score (nSPS) is 10.2. The predicted octanol–water partition coefficient (Wildman–Crippen LogP) is 5.14. The Kier molecular flexibility index (Phi) is 5.61. The minimum atomic E-state index is 0.376. The standard InChI is InChI=1S/C19H15ClN4OS/c1-25-16-9-8-13(10-15(16)20)22-18-14(11-21)17(23-19(24-18)26-2)12-6-4-3-5-7-12/h3-10H,1-2H3,(H,22,23,24). The minimum absolute atomic E-state index is 0.376. The van der Waals surface area contributed by atoms with E-state index in [9.17, 15) is 5.26 Å². The summed E-state index contributed by atoms with van der Waals surface area (Å²) < 4.78 is 5.17. The number of anilines is 2. The molecule has 0 bridgehead atoms. The van der Waals surface area contributed by atoms with Gasteiger partial charge in [0, 0.05) is 11.3 Å². The molecule has 0 unspecified atom stereocenters. The van der Waals surface area contributed by atoms with Crippen LogP contribution < -0.4 is 10.1 Å². The average Bonchev–Trinajstić information content (AvgIpc) is 2.68. The zero-order valence-electron chi connectivity index (χ0n) is 14.2. The van der Waals surface area contributed by atoms with Crippen LogP contribution in [0.3, 0.4) is 0 Å². The van der Waals surface area contributed by atoms with E-state index in [0.29, 0.717) is 38.7 Å². The molecule has 0 saturated heterocycles. The van der Waals surface area contributed by atoms with E-state index in [1.807, 2.05) is 42.7 Å². The number of thioether (sulfide) groups is 1. The van der Waals surface area contributed by atoms with Crippen LogP contribution in [0.25, 0.3) is 11.3 Å². The summed E-state index contributed by atoms with van der Waals surface area (Å²) in [5, 5.41) is 13.9. The summed E-state index contributed by atoms with van der Waals surface area (Å²) >= 11 is 7.60. The number of hydrogen-bond acceptors (Lipinski definition) is 6. The van der Waals surface area contributed by atoms with Crippen LogP contribution in [-0.2, 0) is 0 Å². The van der Waals surface area contributed by atoms with Crippen molar-refractivity contribution in [2.75, 3.05) is 18.7 Å². The van der Waals surface area contributed by atoms with E-state index < -0.39 is 0 Å². The molecule has 1 heterocycles. The zero-order chi connectivity index (χ0) is 18.5. The van der Waals surface area contributed by atoms with Gasteiger partial charge in [0.1, 0.15) is 17.4 Å². The van der Waals surface area contributed by atoms with Gasteiger partial charge in [0.25, 0.3) is 0 Å².